The van der Waals surface area contributed by atoms with Gasteiger partial charge in [0.15, 0.2) is 5.78 Å². The van der Waals surface area contributed by atoms with E-state index in [1.54, 1.807) is 0 Å². The maximum absolute atomic E-state index is 12.0. The highest BCUT2D eigenvalue weighted by atomic mass is 16.3. The predicted molar refractivity (Wildman–Crippen MR) is 91.9 cm³/mol. The first-order chi connectivity index (χ1) is 10.9. The van der Waals surface area contributed by atoms with Crippen LogP contribution in [0.25, 0.3) is 0 Å². The van der Waals surface area contributed by atoms with Crippen LogP contribution in [0.5, 0.6) is 0 Å². The Labute approximate surface area is 140 Å². The summed E-state index contributed by atoms with van der Waals surface area (Å²) in [6, 6.07) is 0. The second-order valence-electron chi connectivity index (χ2n) is 9.34. The summed E-state index contributed by atoms with van der Waals surface area (Å²) in [5.74, 6) is 3.12. The lowest BCUT2D eigenvalue weighted by Crippen LogP contribution is -2.53. The van der Waals surface area contributed by atoms with Crippen molar-refractivity contribution in [3.8, 4) is 0 Å². The number of rotatable bonds is 1. The average Bonchev–Trinajstić information content (AvgIpc) is 2.83. The van der Waals surface area contributed by atoms with Gasteiger partial charge in [-0.3, -0.25) is 4.79 Å². The zero-order chi connectivity index (χ0) is 16.4. The van der Waals surface area contributed by atoms with Crippen LogP contribution >= 0.6 is 0 Å². The summed E-state index contributed by atoms with van der Waals surface area (Å²) < 4.78 is 0. The van der Waals surface area contributed by atoms with Crippen molar-refractivity contribution in [2.45, 2.75) is 78.2 Å². The molecule has 0 spiro atoms. The molecule has 2 heteroatoms. The lowest BCUT2D eigenvalue weighted by atomic mass is 9.45. The minimum atomic E-state index is -0.0915. The Bertz CT molecular complexity index is 550. The Morgan fingerprint density at radius 3 is 2.70 bits per heavy atom. The summed E-state index contributed by atoms with van der Waals surface area (Å²) in [4.78, 5) is 12.0. The standard InChI is InChI=1S/C21H32O2/c1-4-13-11-15-16-5-6-19(23)21(16,3)10-8-17(15)20(2)9-7-14(22)12-18(13)20/h12-13,15-17,19,23H,4-11H2,1-3H3. The third-order valence-electron chi connectivity index (χ3n) is 8.56. The van der Waals surface area contributed by atoms with E-state index in [2.05, 4.69) is 20.8 Å². The fourth-order valence-electron chi connectivity index (χ4n) is 7.14. The minimum absolute atomic E-state index is 0.0915. The Kier molecular flexibility index (Phi) is 3.58. The smallest absolute Gasteiger partial charge is 0.155 e. The highest BCUT2D eigenvalue weighted by Crippen LogP contribution is 2.66. The molecular formula is C21H32O2. The van der Waals surface area contributed by atoms with Crippen molar-refractivity contribution in [3.05, 3.63) is 11.6 Å². The largest absolute Gasteiger partial charge is 0.393 e. The predicted octanol–water partition coefficient (Wildman–Crippen LogP) is 4.52. The van der Waals surface area contributed by atoms with Crippen LogP contribution in [0.2, 0.25) is 0 Å². The molecule has 4 aliphatic carbocycles. The molecule has 0 radical (unpaired) electrons. The fraction of sp³-hybridized carbons (Fsp3) is 0.857. The Hall–Kier alpha value is -0.630. The Balaban J connectivity index is 1.74. The second-order valence-corrected chi connectivity index (χ2v) is 9.34. The molecule has 7 atom stereocenters. The van der Waals surface area contributed by atoms with E-state index in [1.165, 1.54) is 31.3 Å². The third-order valence-corrected chi connectivity index (χ3v) is 8.56. The number of carbonyl (C=O) groups excluding carboxylic acids is 1. The molecule has 0 bridgehead atoms. The molecular weight excluding hydrogens is 284 g/mol. The van der Waals surface area contributed by atoms with Gasteiger partial charge in [0.25, 0.3) is 0 Å². The van der Waals surface area contributed by atoms with Gasteiger partial charge in [-0.15, -0.1) is 0 Å². The van der Waals surface area contributed by atoms with Crippen molar-refractivity contribution < 1.29 is 9.90 Å². The van der Waals surface area contributed by atoms with Gasteiger partial charge in [0.05, 0.1) is 6.10 Å². The number of allylic oxidation sites excluding steroid dienone is 1. The Morgan fingerprint density at radius 2 is 1.96 bits per heavy atom. The second kappa shape index (κ2) is 5.18. The van der Waals surface area contributed by atoms with Crippen molar-refractivity contribution in [3.63, 3.8) is 0 Å². The van der Waals surface area contributed by atoms with E-state index in [4.69, 9.17) is 0 Å². The van der Waals surface area contributed by atoms with Gasteiger partial charge in [0.1, 0.15) is 0 Å². The first-order valence-electron chi connectivity index (χ1n) is 9.83. The molecule has 0 aliphatic heterocycles. The van der Waals surface area contributed by atoms with Crippen LogP contribution in [-0.4, -0.2) is 17.0 Å². The molecule has 1 N–H and O–H groups in total. The number of carbonyl (C=O) groups is 1. The fourth-order valence-corrected chi connectivity index (χ4v) is 7.14. The van der Waals surface area contributed by atoms with Crippen molar-refractivity contribution in [2.24, 2.45) is 34.5 Å². The monoisotopic (exact) mass is 316 g/mol. The Morgan fingerprint density at radius 1 is 1.17 bits per heavy atom. The van der Waals surface area contributed by atoms with Gasteiger partial charge in [-0.25, -0.2) is 0 Å². The van der Waals surface area contributed by atoms with Gasteiger partial charge in [0, 0.05) is 6.42 Å². The molecule has 4 aliphatic rings. The van der Waals surface area contributed by atoms with Gasteiger partial charge in [0.2, 0.25) is 0 Å². The van der Waals surface area contributed by atoms with Crippen molar-refractivity contribution in [2.75, 3.05) is 0 Å². The van der Waals surface area contributed by atoms with Gasteiger partial charge in [-0.05, 0) is 85.5 Å². The van der Waals surface area contributed by atoms with Crippen LogP contribution in [0, 0.1) is 34.5 Å². The maximum Gasteiger partial charge on any atom is 0.155 e. The van der Waals surface area contributed by atoms with Crippen molar-refractivity contribution in [1.82, 2.24) is 0 Å². The molecule has 23 heavy (non-hydrogen) atoms. The zero-order valence-electron chi connectivity index (χ0n) is 15.0. The van der Waals surface area contributed by atoms with Gasteiger partial charge >= 0.3 is 0 Å². The summed E-state index contributed by atoms with van der Waals surface area (Å²) in [5.41, 5.74) is 1.88. The minimum Gasteiger partial charge on any atom is -0.393 e. The van der Waals surface area contributed by atoms with Gasteiger partial charge < -0.3 is 5.11 Å². The number of hydrogen-bond acceptors (Lipinski definition) is 2. The molecule has 0 aromatic carbocycles. The summed E-state index contributed by atoms with van der Waals surface area (Å²) in [5, 5.41) is 10.6. The quantitative estimate of drug-likeness (QED) is 0.772. The topological polar surface area (TPSA) is 37.3 Å². The van der Waals surface area contributed by atoms with Gasteiger partial charge in [-0.2, -0.15) is 0 Å². The van der Waals surface area contributed by atoms with E-state index in [-0.39, 0.29) is 16.9 Å². The van der Waals surface area contributed by atoms with Crippen LogP contribution in [0.3, 0.4) is 0 Å². The van der Waals surface area contributed by atoms with Crippen molar-refractivity contribution >= 4 is 5.78 Å². The van der Waals surface area contributed by atoms with E-state index < -0.39 is 0 Å². The number of fused-ring (bicyclic) bond motifs is 5. The molecule has 7 unspecified atom stereocenters. The summed E-state index contributed by atoms with van der Waals surface area (Å²) in [6.45, 7) is 7.10. The normalized spacial score (nSPS) is 52.4. The lowest BCUT2D eigenvalue weighted by Gasteiger charge is -2.59. The first kappa shape index (κ1) is 15.9. The van der Waals surface area contributed by atoms with Crippen LogP contribution in [0.1, 0.15) is 72.1 Å². The van der Waals surface area contributed by atoms with Gasteiger partial charge in [-0.1, -0.05) is 26.3 Å². The van der Waals surface area contributed by atoms with Crippen molar-refractivity contribution in [1.29, 1.82) is 0 Å². The maximum atomic E-state index is 12.0. The van der Waals surface area contributed by atoms with Crippen LogP contribution in [-0.2, 0) is 4.79 Å². The number of aliphatic hydroxyl groups is 1. The van der Waals surface area contributed by atoms with E-state index in [9.17, 15) is 9.90 Å². The summed E-state index contributed by atoms with van der Waals surface area (Å²) in [7, 11) is 0. The van der Waals surface area contributed by atoms with E-state index in [1.807, 2.05) is 6.08 Å². The molecule has 0 amide bonds. The highest BCUT2D eigenvalue weighted by molar-refractivity contribution is 5.91. The van der Waals surface area contributed by atoms with E-state index in [0.29, 0.717) is 17.6 Å². The van der Waals surface area contributed by atoms with E-state index >= 15 is 0 Å². The third kappa shape index (κ3) is 2.06. The van der Waals surface area contributed by atoms with Crippen LogP contribution < -0.4 is 0 Å². The molecule has 0 heterocycles. The zero-order valence-corrected chi connectivity index (χ0v) is 15.0. The molecule has 128 valence electrons. The molecule has 2 nitrogen and oxygen atoms in total. The molecule has 4 rings (SSSR count). The van der Waals surface area contributed by atoms with Crippen LogP contribution in [0.15, 0.2) is 11.6 Å². The molecule has 0 aromatic heterocycles. The number of aliphatic hydroxyl groups excluding tert-OH is 1. The lowest BCUT2D eigenvalue weighted by molar-refractivity contribution is -0.118. The summed E-state index contributed by atoms with van der Waals surface area (Å²) >= 11 is 0. The molecule has 0 aromatic rings. The highest BCUT2D eigenvalue weighted by Gasteiger charge is 2.60. The molecule has 3 saturated carbocycles. The molecule has 3 fully saturated rings. The molecule has 0 saturated heterocycles. The summed E-state index contributed by atoms with van der Waals surface area (Å²) in [6.07, 6.45) is 10.8. The van der Waals surface area contributed by atoms with E-state index in [0.717, 1.165) is 37.5 Å². The SMILES string of the molecule is CCC1CC2C(CCC3(C)C(O)CCC23)C2(C)CCC(=O)C=C12. The average molecular weight is 316 g/mol. The number of ketones is 1. The van der Waals surface area contributed by atoms with Crippen LogP contribution in [0.4, 0.5) is 0 Å². The first-order valence-corrected chi connectivity index (χ1v) is 9.83. The number of hydrogen-bond donors (Lipinski definition) is 1.